The Morgan fingerprint density at radius 2 is 1.80 bits per heavy atom. The number of nitrogens with zero attached hydrogens (tertiary/aromatic N) is 1. The highest BCUT2D eigenvalue weighted by Crippen LogP contribution is 2.21. The highest BCUT2D eigenvalue weighted by molar-refractivity contribution is 5.51. The van der Waals surface area contributed by atoms with E-state index in [4.69, 9.17) is 10.5 Å². The Labute approximate surface area is 118 Å². The van der Waals surface area contributed by atoms with E-state index in [-0.39, 0.29) is 5.82 Å². The summed E-state index contributed by atoms with van der Waals surface area (Å²) in [4.78, 5) is 2.13. The number of halogens is 1. The number of methoxy groups -OCH3 is 1. The topological polar surface area (TPSA) is 38.5 Å². The van der Waals surface area contributed by atoms with E-state index < -0.39 is 0 Å². The smallest absolute Gasteiger partial charge is 0.123 e. The van der Waals surface area contributed by atoms with Gasteiger partial charge in [-0.15, -0.1) is 0 Å². The number of rotatable bonds is 5. The van der Waals surface area contributed by atoms with E-state index in [1.54, 1.807) is 19.2 Å². The van der Waals surface area contributed by atoms with E-state index in [1.165, 1.54) is 12.1 Å². The fourth-order valence-corrected chi connectivity index (χ4v) is 2.09. The lowest BCUT2D eigenvalue weighted by atomic mass is 10.1. The monoisotopic (exact) mass is 274 g/mol. The molecule has 0 bridgehead atoms. The molecular formula is C16H19FN2O. The van der Waals surface area contributed by atoms with Gasteiger partial charge in [-0.05, 0) is 36.4 Å². The van der Waals surface area contributed by atoms with Crippen LogP contribution in [0.2, 0.25) is 0 Å². The lowest BCUT2D eigenvalue weighted by Crippen LogP contribution is -2.18. The maximum absolute atomic E-state index is 12.9. The number of nitrogen functional groups attached to an aromatic ring is 1. The van der Waals surface area contributed by atoms with Crippen LogP contribution in [0.5, 0.6) is 5.75 Å². The average Bonchev–Trinajstić information content (AvgIpc) is 2.43. The molecule has 0 heterocycles. The van der Waals surface area contributed by atoms with Gasteiger partial charge in [0.25, 0.3) is 0 Å². The Morgan fingerprint density at radius 1 is 1.10 bits per heavy atom. The molecule has 0 aliphatic rings. The molecule has 2 aromatic carbocycles. The van der Waals surface area contributed by atoms with Gasteiger partial charge in [0.1, 0.15) is 11.6 Å². The van der Waals surface area contributed by atoms with E-state index >= 15 is 0 Å². The zero-order valence-corrected chi connectivity index (χ0v) is 11.8. The van der Waals surface area contributed by atoms with Crippen LogP contribution in [0.25, 0.3) is 0 Å². The molecule has 0 amide bonds. The van der Waals surface area contributed by atoms with Crippen LogP contribution in [0.3, 0.4) is 0 Å². The van der Waals surface area contributed by atoms with E-state index in [0.29, 0.717) is 0 Å². The van der Waals surface area contributed by atoms with Gasteiger partial charge in [0.2, 0.25) is 0 Å². The van der Waals surface area contributed by atoms with Gasteiger partial charge in [-0.1, -0.05) is 18.2 Å². The molecule has 0 saturated heterocycles. The summed E-state index contributed by atoms with van der Waals surface area (Å²) in [5.74, 6) is 0.545. The maximum Gasteiger partial charge on any atom is 0.123 e. The Hall–Kier alpha value is -2.07. The molecule has 0 saturated carbocycles. The van der Waals surface area contributed by atoms with Crippen LogP contribution in [0.1, 0.15) is 11.1 Å². The molecule has 0 radical (unpaired) electrons. The van der Waals surface area contributed by atoms with Crippen molar-refractivity contribution >= 4 is 5.69 Å². The molecule has 0 unspecified atom stereocenters. The predicted molar refractivity (Wildman–Crippen MR) is 79.0 cm³/mol. The first-order valence-corrected chi connectivity index (χ1v) is 6.44. The van der Waals surface area contributed by atoms with Crippen molar-refractivity contribution in [3.8, 4) is 5.75 Å². The van der Waals surface area contributed by atoms with Gasteiger partial charge in [-0.3, -0.25) is 4.90 Å². The number of hydrogen-bond acceptors (Lipinski definition) is 3. The van der Waals surface area contributed by atoms with Crippen molar-refractivity contribution in [2.75, 3.05) is 19.9 Å². The maximum atomic E-state index is 12.9. The minimum atomic E-state index is -0.212. The summed E-state index contributed by atoms with van der Waals surface area (Å²) in [6, 6.07) is 12.2. The third-order valence-electron chi connectivity index (χ3n) is 3.16. The van der Waals surface area contributed by atoms with E-state index in [2.05, 4.69) is 4.90 Å². The quantitative estimate of drug-likeness (QED) is 0.852. The van der Waals surface area contributed by atoms with Crippen LogP contribution < -0.4 is 10.5 Å². The third kappa shape index (κ3) is 3.71. The van der Waals surface area contributed by atoms with Crippen LogP contribution in [0.15, 0.2) is 42.5 Å². The van der Waals surface area contributed by atoms with Gasteiger partial charge in [0.15, 0.2) is 0 Å². The van der Waals surface area contributed by atoms with Gasteiger partial charge in [-0.2, -0.15) is 0 Å². The predicted octanol–water partition coefficient (Wildman–Crippen LogP) is 3.05. The second-order valence-corrected chi connectivity index (χ2v) is 4.86. The summed E-state index contributed by atoms with van der Waals surface area (Å²) in [7, 11) is 3.63. The summed E-state index contributed by atoms with van der Waals surface area (Å²) in [5, 5.41) is 0. The first-order valence-electron chi connectivity index (χ1n) is 6.44. The van der Waals surface area contributed by atoms with Crippen LogP contribution >= 0.6 is 0 Å². The molecule has 0 aliphatic heterocycles. The van der Waals surface area contributed by atoms with Crippen LogP contribution in [0.4, 0.5) is 10.1 Å². The normalized spacial score (nSPS) is 10.8. The van der Waals surface area contributed by atoms with Gasteiger partial charge >= 0.3 is 0 Å². The van der Waals surface area contributed by atoms with Crippen molar-refractivity contribution in [2.24, 2.45) is 0 Å². The molecular weight excluding hydrogens is 255 g/mol. The Morgan fingerprint density at radius 3 is 2.40 bits per heavy atom. The summed E-state index contributed by atoms with van der Waals surface area (Å²) in [6.45, 7) is 1.47. The first kappa shape index (κ1) is 14.3. The summed E-state index contributed by atoms with van der Waals surface area (Å²) in [5.41, 5.74) is 8.84. The highest BCUT2D eigenvalue weighted by Gasteiger charge is 2.06. The van der Waals surface area contributed by atoms with Gasteiger partial charge < -0.3 is 10.5 Å². The molecule has 0 aliphatic carbocycles. The van der Waals surface area contributed by atoms with Crippen LogP contribution in [-0.4, -0.2) is 19.1 Å². The Balaban J connectivity index is 2.00. The molecule has 0 atom stereocenters. The molecule has 0 spiro atoms. The zero-order chi connectivity index (χ0) is 14.5. The van der Waals surface area contributed by atoms with Crippen molar-refractivity contribution in [3.05, 3.63) is 59.4 Å². The molecule has 20 heavy (non-hydrogen) atoms. The second kappa shape index (κ2) is 6.39. The third-order valence-corrected chi connectivity index (χ3v) is 3.16. The van der Waals surface area contributed by atoms with Gasteiger partial charge in [-0.25, -0.2) is 4.39 Å². The molecule has 2 rings (SSSR count). The average molecular weight is 274 g/mol. The standard InChI is InChI=1S/C16H19FN2O/c1-19(10-12-3-6-14(17)7-4-12)11-13-5-8-15(20-2)9-16(13)18/h3-9H,10-11,18H2,1-2H3. The molecule has 2 aromatic rings. The van der Waals surface area contributed by atoms with Crippen molar-refractivity contribution < 1.29 is 9.13 Å². The molecule has 106 valence electrons. The van der Waals surface area contributed by atoms with Gasteiger partial charge in [0, 0.05) is 24.8 Å². The molecule has 0 aromatic heterocycles. The lowest BCUT2D eigenvalue weighted by molar-refractivity contribution is 0.319. The van der Waals surface area contributed by atoms with Crippen molar-refractivity contribution in [1.29, 1.82) is 0 Å². The van der Waals surface area contributed by atoms with Crippen molar-refractivity contribution in [2.45, 2.75) is 13.1 Å². The zero-order valence-electron chi connectivity index (χ0n) is 11.8. The Kier molecular flexibility index (Phi) is 4.58. The number of hydrogen-bond donors (Lipinski definition) is 1. The largest absolute Gasteiger partial charge is 0.497 e. The SMILES string of the molecule is COc1ccc(CN(C)Cc2ccc(F)cc2)c(N)c1. The first-order chi connectivity index (χ1) is 9.58. The molecule has 3 nitrogen and oxygen atoms in total. The highest BCUT2D eigenvalue weighted by atomic mass is 19.1. The number of nitrogens with two attached hydrogens (primary N) is 1. The lowest BCUT2D eigenvalue weighted by Gasteiger charge is -2.18. The molecule has 2 N–H and O–H groups in total. The van der Waals surface area contributed by atoms with Crippen molar-refractivity contribution in [3.63, 3.8) is 0 Å². The van der Waals surface area contributed by atoms with Gasteiger partial charge in [0.05, 0.1) is 7.11 Å². The fourth-order valence-electron chi connectivity index (χ4n) is 2.09. The minimum Gasteiger partial charge on any atom is -0.497 e. The Bertz CT molecular complexity index is 569. The summed E-state index contributed by atoms with van der Waals surface area (Å²) >= 11 is 0. The summed E-state index contributed by atoms with van der Waals surface area (Å²) in [6.07, 6.45) is 0. The number of benzene rings is 2. The minimum absolute atomic E-state index is 0.212. The fraction of sp³-hybridized carbons (Fsp3) is 0.250. The second-order valence-electron chi connectivity index (χ2n) is 4.86. The number of anilines is 1. The van der Waals surface area contributed by atoms with E-state index in [0.717, 1.165) is 35.7 Å². The van der Waals surface area contributed by atoms with E-state index in [9.17, 15) is 4.39 Å². The van der Waals surface area contributed by atoms with Crippen molar-refractivity contribution in [1.82, 2.24) is 4.90 Å². The van der Waals surface area contributed by atoms with E-state index in [1.807, 2.05) is 25.2 Å². The summed E-state index contributed by atoms with van der Waals surface area (Å²) < 4.78 is 18.0. The van der Waals surface area contributed by atoms with Crippen LogP contribution in [-0.2, 0) is 13.1 Å². The number of ether oxygens (including phenoxy) is 1. The van der Waals surface area contributed by atoms with Crippen LogP contribution in [0, 0.1) is 5.82 Å². The molecule has 4 heteroatoms. The molecule has 0 fully saturated rings.